The first kappa shape index (κ1) is 14.8. The molecule has 5 heteroatoms. The second-order valence-electron chi connectivity index (χ2n) is 5.45. The van der Waals surface area contributed by atoms with E-state index >= 15 is 0 Å². The van der Waals surface area contributed by atoms with E-state index in [2.05, 4.69) is 17.4 Å². The van der Waals surface area contributed by atoms with Crippen molar-refractivity contribution in [1.82, 2.24) is 5.32 Å². The lowest BCUT2D eigenvalue weighted by molar-refractivity contribution is -0.122. The van der Waals surface area contributed by atoms with E-state index in [4.69, 9.17) is 10.9 Å². The zero-order valence-corrected chi connectivity index (χ0v) is 11.4. The largest absolute Gasteiger partial charge is 0.409 e. The number of amidine groups is 1. The van der Waals surface area contributed by atoms with Gasteiger partial charge in [0.05, 0.1) is 5.92 Å². The SMILES string of the molecule is CC1CCC(CCNC(=O)C(C)C(N)=NO)CC1. The van der Waals surface area contributed by atoms with Gasteiger partial charge in [0, 0.05) is 6.54 Å². The molecule has 1 amide bonds. The monoisotopic (exact) mass is 255 g/mol. The van der Waals surface area contributed by atoms with E-state index in [1.807, 2.05) is 0 Å². The van der Waals surface area contributed by atoms with Crippen molar-refractivity contribution in [3.05, 3.63) is 0 Å². The van der Waals surface area contributed by atoms with Crippen LogP contribution in [0, 0.1) is 17.8 Å². The zero-order valence-electron chi connectivity index (χ0n) is 11.4. The summed E-state index contributed by atoms with van der Waals surface area (Å²) in [4.78, 5) is 11.7. The van der Waals surface area contributed by atoms with Crippen LogP contribution in [0.1, 0.15) is 46.0 Å². The number of nitrogens with zero attached hydrogens (tertiary/aromatic N) is 1. The minimum Gasteiger partial charge on any atom is -0.409 e. The van der Waals surface area contributed by atoms with Gasteiger partial charge in [0.25, 0.3) is 0 Å². The first-order valence-corrected chi connectivity index (χ1v) is 6.79. The third kappa shape index (κ3) is 4.55. The van der Waals surface area contributed by atoms with E-state index in [1.165, 1.54) is 25.7 Å². The lowest BCUT2D eigenvalue weighted by Crippen LogP contribution is -2.38. The van der Waals surface area contributed by atoms with Crippen molar-refractivity contribution in [1.29, 1.82) is 0 Å². The highest BCUT2D eigenvalue weighted by atomic mass is 16.4. The van der Waals surface area contributed by atoms with E-state index in [9.17, 15) is 4.79 Å². The van der Waals surface area contributed by atoms with Crippen molar-refractivity contribution in [2.45, 2.75) is 46.0 Å². The van der Waals surface area contributed by atoms with E-state index < -0.39 is 5.92 Å². The van der Waals surface area contributed by atoms with Crippen molar-refractivity contribution in [3.63, 3.8) is 0 Å². The third-order valence-corrected chi connectivity index (χ3v) is 3.94. The number of hydrogen-bond donors (Lipinski definition) is 3. The molecule has 0 radical (unpaired) electrons. The molecule has 0 bridgehead atoms. The van der Waals surface area contributed by atoms with Crippen LogP contribution in [0.2, 0.25) is 0 Å². The van der Waals surface area contributed by atoms with Crippen LogP contribution < -0.4 is 11.1 Å². The predicted molar refractivity (Wildman–Crippen MR) is 71.3 cm³/mol. The Balaban J connectivity index is 2.19. The highest BCUT2D eigenvalue weighted by molar-refractivity contribution is 6.01. The van der Waals surface area contributed by atoms with Crippen molar-refractivity contribution in [2.24, 2.45) is 28.6 Å². The summed E-state index contributed by atoms with van der Waals surface area (Å²) in [7, 11) is 0. The molecule has 1 atom stereocenters. The smallest absolute Gasteiger partial charge is 0.230 e. The van der Waals surface area contributed by atoms with Gasteiger partial charge in [0.1, 0.15) is 0 Å². The number of carbonyl (C=O) groups is 1. The standard InChI is InChI=1S/C13H25N3O2/c1-9-3-5-11(6-4-9)7-8-15-13(17)10(2)12(14)16-18/h9-11,18H,3-8H2,1-2H3,(H2,14,16)(H,15,17). The van der Waals surface area contributed by atoms with Crippen molar-refractivity contribution in [2.75, 3.05) is 6.54 Å². The summed E-state index contributed by atoms with van der Waals surface area (Å²) >= 11 is 0. The van der Waals surface area contributed by atoms with Gasteiger partial charge in [-0.05, 0) is 25.2 Å². The molecule has 4 N–H and O–H groups in total. The molecule has 0 aromatic carbocycles. The first-order valence-electron chi connectivity index (χ1n) is 6.79. The maximum atomic E-state index is 11.7. The summed E-state index contributed by atoms with van der Waals surface area (Å²) in [6, 6.07) is 0. The molecule has 5 nitrogen and oxygen atoms in total. The van der Waals surface area contributed by atoms with Gasteiger partial charge in [-0.15, -0.1) is 0 Å². The number of rotatable bonds is 5. The summed E-state index contributed by atoms with van der Waals surface area (Å²) in [5.41, 5.74) is 5.39. The van der Waals surface area contributed by atoms with Gasteiger partial charge in [-0.3, -0.25) is 4.79 Å². The van der Waals surface area contributed by atoms with Gasteiger partial charge in [-0.1, -0.05) is 37.8 Å². The summed E-state index contributed by atoms with van der Waals surface area (Å²) in [5, 5.41) is 14.2. The molecule has 0 saturated heterocycles. The average Bonchev–Trinajstić information content (AvgIpc) is 2.39. The van der Waals surface area contributed by atoms with Gasteiger partial charge in [0.15, 0.2) is 5.84 Å². The topological polar surface area (TPSA) is 87.7 Å². The first-order chi connectivity index (χ1) is 8.54. The van der Waals surface area contributed by atoms with Gasteiger partial charge < -0.3 is 16.3 Å². The maximum absolute atomic E-state index is 11.7. The van der Waals surface area contributed by atoms with Gasteiger partial charge >= 0.3 is 0 Å². The summed E-state index contributed by atoms with van der Waals surface area (Å²) < 4.78 is 0. The van der Waals surface area contributed by atoms with Crippen LogP contribution in [0.4, 0.5) is 0 Å². The molecule has 1 aliphatic rings. The third-order valence-electron chi connectivity index (χ3n) is 3.94. The molecule has 18 heavy (non-hydrogen) atoms. The minimum absolute atomic E-state index is 0.0426. The summed E-state index contributed by atoms with van der Waals surface area (Å²) in [6.07, 6.45) is 6.18. The second-order valence-corrected chi connectivity index (χ2v) is 5.45. The number of amides is 1. The fourth-order valence-corrected chi connectivity index (χ4v) is 2.39. The fraction of sp³-hybridized carbons (Fsp3) is 0.846. The Morgan fingerprint density at radius 3 is 2.61 bits per heavy atom. The molecule has 1 saturated carbocycles. The van der Waals surface area contributed by atoms with Gasteiger partial charge in [-0.2, -0.15) is 0 Å². The molecule has 0 aromatic heterocycles. The number of nitrogens with one attached hydrogen (secondary N) is 1. The Labute approximate surface area is 109 Å². The lowest BCUT2D eigenvalue weighted by atomic mass is 9.81. The van der Waals surface area contributed by atoms with E-state index in [0.717, 1.165) is 18.3 Å². The van der Waals surface area contributed by atoms with E-state index in [-0.39, 0.29) is 11.7 Å². The Kier molecular flexibility index (Phi) is 5.95. The molecule has 0 aromatic rings. The Morgan fingerprint density at radius 1 is 1.44 bits per heavy atom. The zero-order chi connectivity index (χ0) is 13.5. The Morgan fingerprint density at radius 2 is 2.06 bits per heavy atom. The van der Waals surface area contributed by atoms with Gasteiger partial charge in [0.2, 0.25) is 5.91 Å². The quantitative estimate of drug-likeness (QED) is 0.302. The minimum atomic E-state index is -0.568. The highest BCUT2D eigenvalue weighted by Crippen LogP contribution is 2.29. The molecular formula is C13H25N3O2. The normalized spacial score (nSPS) is 26.7. The Hall–Kier alpha value is -1.26. The van der Waals surface area contributed by atoms with Crippen molar-refractivity contribution < 1.29 is 10.0 Å². The number of hydrogen-bond acceptors (Lipinski definition) is 3. The second kappa shape index (κ2) is 7.24. The summed E-state index contributed by atoms with van der Waals surface area (Å²) in [5.74, 6) is 0.812. The number of nitrogens with two attached hydrogens (primary N) is 1. The van der Waals surface area contributed by atoms with Crippen molar-refractivity contribution >= 4 is 11.7 Å². The fourth-order valence-electron chi connectivity index (χ4n) is 2.39. The average molecular weight is 255 g/mol. The number of carbonyl (C=O) groups excluding carboxylic acids is 1. The predicted octanol–water partition coefficient (Wildman–Crippen LogP) is 1.70. The van der Waals surface area contributed by atoms with Crippen LogP contribution in [0.5, 0.6) is 0 Å². The molecule has 104 valence electrons. The molecule has 0 spiro atoms. The van der Waals surface area contributed by atoms with E-state index in [0.29, 0.717) is 6.54 Å². The van der Waals surface area contributed by atoms with Crippen LogP contribution in [0.15, 0.2) is 5.16 Å². The lowest BCUT2D eigenvalue weighted by Gasteiger charge is -2.26. The molecule has 1 fully saturated rings. The molecule has 0 aliphatic heterocycles. The van der Waals surface area contributed by atoms with Crippen LogP contribution in [0.3, 0.4) is 0 Å². The van der Waals surface area contributed by atoms with Crippen molar-refractivity contribution in [3.8, 4) is 0 Å². The number of oxime groups is 1. The van der Waals surface area contributed by atoms with E-state index in [1.54, 1.807) is 6.92 Å². The highest BCUT2D eigenvalue weighted by Gasteiger charge is 2.20. The molecule has 1 rings (SSSR count). The van der Waals surface area contributed by atoms with Crippen LogP contribution >= 0.6 is 0 Å². The molecule has 1 aliphatic carbocycles. The molecular weight excluding hydrogens is 230 g/mol. The molecule has 0 heterocycles. The van der Waals surface area contributed by atoms with Crippen LogP contribution in [-0.2, 0) is 4.79 Å². The summed E-state index contributed by atoms with van der Waals surface area (Å²) in [6.45, 7) is 4.62. The van der Waals surface area contributed by atoms with Gasteiger partial charge in [-0.25, -0.2) is 0 Å². The van der Waals surface area contributed by atoms with Crippen LogP contribution in [0.25, 0.3) is 0 Å². The Bertz CT molecular complexity index is 297. The molecule has 1 unspecified atom stereocenters. The van der Waals surface area contributed by atoms with Crippen LogP contribution in [-0.4, -0.2) is 23.5 Å². The maximum Gasteiger partial charge on any atom is 0.230 e.